The SMILES string of the molecule is O=C(CC1C(=O)Nc2c(-c3cccc(Cl)c3)cnn21)Nc1ccc(F)c(Cl)c1. The van der Waals surface area contributed by atoms with E-state index in [1.54, 1.807) is 24.4 Å². The Labute approximate surface area is 169 Å². The van der Waals surface area contributed by atoms with Gasteiger partial charge in [0.15, 0.2) is 0 Å². The van der Waals surface area contributed by atoms with Gasteiger partial charge in [-0.3, -0.25) is 9.59 Å². The minimum atomic E-state index is -0.793. The predicted octanol–water partition coefficient (Wildman–Crippen LogP) is 4.52. The average molecular weight is 419 g/mol. The van der Waals surface area contributed by atoms with Crippen LogP contribution in [0.2, 0.25) is 10.0 Å². The molecule has 1 atom stereocenters. The van der Waals surface area contributed by atoms with Crippen LogP contribution in [-0.4, -0.2) is 21.6 Å². The van der Waals surface area contributed by atoms with Crippen molar-refractivity contribution < 1.29 is 14.0 Å². The molecule has 2 N–H and O–H groups in total. The number of benzene rings is 2. The summed E-state index contributed by atoms with van der Waals surface area (Å²) < 4.78 is 14.7. The molecule has 0 fully saturated rings. The zero-order valence-corrected chi connectivity index (χ0v) is 15.8. The maximum absolute atomic E-state index is 13.2. The summed E-state index contributed by atoms with van der Waals surface area (Å²) in [6, 6.07) is 10.2. The highest BCUT2D eigenvalue weighted by molar-refractivity contribution is 6.31. The monoisotopic (exact) mass is 418 g/mol. The third-order valence-corrected chi connectivity index (χ3v) is 4.88. The minimum absolute atomic E-state index is 0.100. The quantitative estimate of drug-likeness (QED) is 0.653. The fourth-order valence-corrected chi connectivity index (χ4v) is 3.41. The van der Waals surface area contributed by atoms with E-state index in [1.807, 2.05) is 6.07 Å². The number of hydrogen-bond donors (Lipinski definition) is 2. The first-order chi connectivity index (χ1) is 13.4. The van der Waals surface area contributed by atoms with E-state index in [9.17, 15) is 14.0 Å². The van der Waals surface area contributed by atoms with E-state index < -0.39 is 17.8 Å². The number of rotatable bonds is 4. The Morgan fingerprint density at radius 1 is 1.25 bits per heavy atom. The molecule has 0 saturated heterocycles. The van der Waals surface area contributed by atoms with Gasteiger partial charge in [-0.15, -0.1) is 0 Å². The Morgan fingerprint density at radius 2 is 2.07 bits per heavy atom. The van der Waals surface area contributed by atoms with Gasteiger partial charge >= 0.3 is 0 Å². The zero-order valence-electron chi connectivity index (χ0n) is 14.2. The zero-order chi connectivity index (χ0) is 19.8. The van der Waals surface area contributed by atoms with Gasteiger partial charge in [-0.2, -0.15) is 5.10 Å². The molecule has 142 valence electrons. The molecule has 2 aromatic carbocycles. The third kappa shape index (κ3) is 3.46. The number of anilines is 2. The van der Waals surface area contributed by atoms with Gasteiger partial charge in [-0.25, -0.2) is 9.07 Å². The van der Waals surface area contributed by atoms with Crippen molar-refractivity contribution in [2.45, 2.75) is 12.5 Å². The highest BCUT2D eigenvalue weighted by Crippen LogP contribution is 2.36. The molecule has 4 rings (SSSR count). The second-order valence-electron chi connectivity index (χ2n) is 6.25. The summed E-state index contributed by atoms with van der Waals surface area (Å²) in [6.07, 6.45) is 1.48. The molecule has 0 radical (unpaired) electrons. The van der Waals surface area contributed by atoms with Crippen LogP contribution < -0.4 is 10.6 Å². The average Bonchev–Trinajstić information content (AvgIpc) is 3.18. The van der Waals surface area contributed by atoms with E-state index in [4.69, 9.17) is 23.2 Å². The molecule has 2 amide bonds. The second kappa shape index (κ2) is 7.26. The maximum atomic E-state index is 13.2. The molecule has 0 bridgehead atoms. The molecule has 0 aliphatic carbocycles. The highest BCUT2D eigenvalue weighted by Gasteiger charge is 2.35. The van der Waals surface area contributed by atoms with Crippen LogP contribution >= 0.6 is 23.2 Å². The molecule has 9 heteroatoms. The molecular weight excluding hydrogens is 406 g/mol. The summed E-state index contributed by atoms with van der Waals surface area (Å²) in [4.78, 5) is 24.7. The fourth-order valence-electron chi connectivity index (χ4n) is 3.04. The van der Waals surface area contributed by atoms with Gasteiger partial charge in [-0.1, -0.05) is 35.3 Å². The summed E-state index contributed by atoms with van der Waals surface area (Å²) in [6.45, 7) is 0. The fraction of sp³-hybridized carbons (Fsp3) is 0.105. The summed E-state index contributed by atoms with van der Waals surface area (Å²) in [5.74, 6) is -0.825. The van der Waals surface area contributed by atoms with Crippen LogP contribution in [0.5, 0.6) is 0 Å². The van der Waals surface area contributed by atoms with Crippen molar-refractivity contribution in [2.24, 2.45) is 0 Å². The van der Waals surface area contributed by atoms with Crippen molar-refractivity contribution in [1.29, 1.82) is 0 Å². The third-order valence-electron chi connectivity index (χ3n) is 4.35. The molecule has 2 heterocycles. The molecule has 1 unspecified atom stereocenters. The van der Waals surface area contributed by atoms with Crippen LogP contribution in [0, 0.1) is 5.82 Å². The molecule has 0 spiro atoms. The molecule has 6 nitrogen and oxygen atoms in total. The van der Waals surface area contributed by atoms with Crippen LogP contribution in [-0.2, 0) is 9.59 Å². The number of nitrogens with zero attached hydrogens (tertiary/aromatic N) is 2. The van der Waals surface area contributed by atoms with Crippen molar-refractivity contribution in [2.75, 3.05) is 10.6 Å². The van der Waals surface area contributed by atoms with E-state index in [0.717, 1.165) is 11.6 Å². The number of hydrogen-bond acceptors (Lipinski definition) is 3. The Bertz CT molecular complexity index is 1100. The lowest BCUT2D eigenvalue weighted by Gasteiger charge is -2.10. The molecule has 1 aliphatic heterocycles. The lowest BCUT2D eigenvalue weighted by molar-refractivity contribution is -0.123. The lowest BCUT2D eigenvalue weighted by atomic mass is 10.1. The number of fused-ring (bicyclic) bond motifs is 1. The van der Waals surface area contributed by atoms with E-state index >= 15 is 0 Å². The van der Waals surface area contributed by atoms with E-state index in [0.29, 0.717) is 22.1 Å². The minimum Gasteiger partial charge on any atom is -0.326 e. The van der Waals surface area contributed by atoms with Gasteiger partial charge in [-0.05, 0) is 35.9 Å². The molecule has 28 heavy (non-hydrogen) atoms. The summed E-state index contributed by atoms with van der Waals surface area (Å²) in [5, 5.41) is 10.1. The van der Waals surface area contributed by atoms with Crippen LogP contribution in [0.25, 0.3) is 11.1 Å². The summed E-state index contributed by atoms with van der Waals surface area (Å²) in [7, 11) is 0. The summed E-state index contributed by atoms with van der Waals surface area (Å²) >= 11 is 11.8. The van der Waals surface area contributed by atoms with E-state index in [-0.39, 0.29) is 17.4 Å². The number of halogens is 3. The number of nitrogens with one attached hydrogen (secondary N) is 2. The number of amides is 2. The van der Waals surface area contributed by atoms with Gasteiger partial charge in [0.2, 0.25) is 5.91 Å². The number of carbonyl (C=O) groups is 2. The standard InChI is InChI=1S/C19H13Cl2FN4O2/c20-11-3-1-2-10(6-11)13-9-23-26-16(19(28)25-18(13)26)8-17(27)24-12-4-5-15(22)14(21)7-12/h1-7,9,16H,8H2,(H,24,27)(H,25,28). The molecule has 1 aliphatic rings. The lowest BCUT2D eigenvalue weighted by Crippen LogP contribution is -2.23. The molecular formula is C19H13Cl2FN4O2. The van der Waals surface area contributed by atoms with E-state index in [1.165, 1.54) is 16.8 Å². The van der Waals surface area contributed by atoms with Crippen molar-refractivity contribution in [3.63, 3.8) is 0 Å². The van der Waals surface area contributed by atoms with Crippen LogP contribution in [0.1, 0.15) is 12.5 Å². The van der Waals surface area contributed by atoms with Crippen LogP contribution in [0.4, 0.5) is 15.9 Å². The maximum Gasteiger partial charge on any atom is 0.251 e. The van der Waals surface area contributed by atoms with Gasteiger partial charge < -0.3 is 10.6 Å². The first-order valence-electron chi connectivity index (χ1n) is 8.31. The van der Waals surface area contributed by atoms with Crippen molar-refractivity contribution in [3.8, 4) is 11.1 Å². The Kier molecular flexibility index (Phi) is 4.78. The van der Waals surface area contributed by atoms with Gasteiger partial charge in [0, 0.05) is 16.3 Å². The van der Waals surface area contributed by atoms with Crippen molar-refractivity contribution in [3.05, 3.63) is 64.5 Å². The smallest absolute Gasteiger partial charge is 0.251 e. The molecule has 0 saturated carbocycles. The van der Waals surface area contributed by atoms with E-state index in [2.05, 4.69) is 15.7 Å². The van der Waals surface area contributed by atoms with Gasteiger partial charge in [0.05, 0.1) is 17.6 Å². The molecule has 1 aromatic heterocycles. The largest absolute Gasteiger partial charge is 0.326 e. The van der Waals surface area contributed by atoms with Crippen LogP contribution in [0.15, 0.2) is 48.7 Å². The molecule has 3 aromatic rings. The highest BCUT2D eigenvalue weighted by atomic mass is 35.5. The number of carbonyl (C=O) groups excluding carboxylic acids is 2. The Balaban J connectivity index is 1.53. The normalized spacial score (nSPS) is 15.2. The predicted molar refractivity (Wildman–Crippen MR) is 105 cm³/mol. The van der Waals surface area contributed by atoms with Gasteiger partial charge in [0.1, 0.15) is 17.7 Å². The second-order valence-corrected chi connectivity index (χ2v) is 7.09. The summed E-state index contributed by atoms with van der Waals surface area (Å²) in [5.41, 5.74) is 1.86. The first-order valence-corrected chi connectivity index (χ1v) is 9.07. The van der Waals surface area contributed by atoms with Crippen molar-refractivity contribution >= 4 is 46.5 Å². The number of aromatic nitrogens is 2. The van der Waals surface area contributed by atoms with Crippen LogP contribution in [0.3, 0.4) is 0 Å². The first kappa shape index (κ1) is 18.5. The Hall–Kier alpha value is -2.90. The van der Waals surface area contributed by atoms with Crippen molar-refractivity contribution in [1.82, 2.24) is 9.78 Å². The topological polar surface area (TPSA) is 76.0 Å². The Morgan fingerprint density at radius 3 is 2.82 bits per heavy atom. The van der Waals surface area contributed by atoms with Gasteiger partial charge in [0.25, 0.3) is 5.91 Å².